The first kappa shape index (κ1) is 14.7. The number of benzene rings is 1. The van der Waals surface area contributed by atoms with Crippen LogP contribution in [0.25, 0.3) is 0 Å². The molecule has 0 saturated heterocycles. The van der Waals surface area contributed by atoms with E-state index in [0.717, 1.165) is 0 Å². The van der Waals surface area contributed by atoms with Crippen LogP contribution in [0.1, 0.15) is 12.0 Å². The Morgan fingerprint density at radius 3 is 2.50 bits per heavy atom. The van der Waals surface area contributed by atoms with E-state index in [-0.39, 0.29) is 4.90 Å². The first-order valence-electron chi connectivity index (χ1n) is 5.41. The van der Waals surface area contributed by atoms with E-state index >= 15 is 0 Å². The highest BCUT2D eigenvalue weighted by Gasteiger charge is 2.16. The van der Waals surface area contributed by atoms with Gasteiger partial charge in [-0.05, 0) is 13.0 Å². The highest BCUT2D eigenvalue weighted by atomic mass is 32.2. The molecule has 7 heteroatoms. The van der Waals surface area contributed by atoms with Gasteiger partial charge in [0.05, 0.1) is 11.5 Å². The van der Waals surface area contributed by atoms with E-state index in [1.54, 1.807) is 20.1 Å². The van der Waals surface area contributed by atoms with Crippen molar-refractivity contribution in [1.82, 2.24) is 0 Å². The lowest BCUT2D eigenvalue weighted by Crippen LogP contribution is -2.15. The maximum absolute atomic E-state index is 11.4. The number of nitrogen functional groups attached to an aromatic ring is 1. The lowest BCUT2D eigenvalue weighted by Gasteiger charge is -2.12. The molecule has 0 aliphatic rings. The second-order valence-corrected chi connectivity index (χ2v) is 5.41. The van der Waals surface area contributed by atoms with Crippen LogP contribution >= 0.6 is 0 Å². The van der Waals surface area contributed by atoms with Gasteiger partial charge >= 0.3 is 0 Å². The lowest BCUT2D eigenvalue weighted by atomic mass is 10.2. The molecule has 0 atom stereocenters. The molecule has 1 aromatic rings. The molecular weight excluding hydrogens is 256 g/mol. The summed E-state index contributed by atoms with van der Waals surface area (Å²) in [6.45, 7) is 2.62. The molecule has 18 heavy (non-hydrogen) atoms. The summed E-state index contributed by atoms with van der Waals surface area (Å²) < 4.78 is 33.1. The van der Waals surface area contributed by atoms with Gasteiger partial charge in [-0.15, -0.1) is 0 Å². The van der Waals surface area contributed by atoms with Gasteiger partial charge in [0.25, 0.3) is 0 Å². The molecule has 0 radical (unpaired) electrons. The molecule has 0 saturated carbocycles. The van der Waals surface area contributed by atoms with E-state index < -0.39 is 10.0 Å². The summed E-state index contributed by atoms with van der Waals surface area (Å²) in [5.41, 5.74) is 6.39. The summed E-state index contributed by atoms with van der Waals surface area (Å²) in [5, 5.41) is 5.11. The largest absolute Gasteiger partial charge is 0.493 e. The molecule has 1 rings (SSSR count). The standard InChI is InChI=1S/C11H18N2O4S/c1-8-10(17-5-3-4-16-2)6-9(12)7-11(8)18(13,14)15/h6-7H,3-5,12H2,1-2H3,(H2,13,14,15). The summed E-state index contributed by atoms with van der Waals surface area (Å²) in [4.78, 5) is -0.00996. The van der Waals surface area contributed by atoms with Gasteiger partial charge < -0.3 is 15.2 Å². The maximum atomic E-state index is 11.4. The quantitative estimate of drug-likeness (QED) is 0.585. The highest BCUT2D eigenvalue weighted by molar-refractivity contribution is 7.89. The number of hydrogen-bond donors (Lipinski definition) is 2. The van der Waals surface area contributed by atoms with E-state index in [9.17, 15) is 8.42 Å². The van der Waals surface area contributed by atoms with Crippen molar-refractivity contribution >= 4 is 15.7 Å². The minimum absolute atomic E-state index is 0.00996. The number of primary sulfonamides is 1. The summed E-state index contributed by atoms with van der Waals surface area (Å²) in [5.74, 6) is 0.426. The molecule has 1 aromatic carbocycles. The number of methoxy groups -OCH3 is 1. The number of anilines is 1. The van der Waals surface area contributed by atoms with Crippen molar-refractivity contribution in [2.75, 3.05) is 26.1 Å². The lowest BCUT2D eigenvalue weighted by molar-refractivity contribution is 0.172. The fourth-order valence-corrected chi connectivity index (χ4v) is 2.34. The van der Waals surface area contributed by atoms with Gasteiger partial charge in [-0.2, -0.15) is 0 Å². The fourth-order valence-electron chi connectivity index (χ4n) is 1.51. The Kier molecular flexibility index (Phi) is 4.94. The van der Waals surface area contributed by atoms with E-state index in [2.05, 4.69) is 0 Å². The van der Waals surface area contributed by atoms with Gasteiger partial charge in [0.2, 0.25) is 10.0 Å². The zero-order valence-corrected chi connectivity index (χ0v) is 11.3. The van der Waals surface area contributed by atoms with Gasteiger partial charge in [-0.3, -0.25) is 0 Å². The minimum atomic E-state index is -3.80. The minimum Gasteiger partial charge on any atom is -0.493 e. The van der Waals surface area contributed by atoms with Crippen molar-refractivity contribution in [3.63, 3.8) is 0 Å². The van der Waals surface area contributed by atoms with Crippen molar-refractivity contribution in [3.05, 3.63) is 17.7 Å². The smallest absolute Gasteiger partial charge is 0.238 e. The SMILES string of the molecule is COCCCOc1cc(N)cc(S(N)(=O)=O)c1C. The Morgan fingerprint density at radius 2 is 1.94 bits per heavy atom. The molecule has 4 N–H and O–H groups in total. The Balaban J connectivity index is 2.96. The Bertz CT molecular complexity index is 514. The third kappa shape index (κ3) is 3.86. The molecule has 0 amide bonds. The number of sulfonamides is 1. The maximum Gasteiger partial charge on any atom is 0.238 e. The van der Waals surface area contributed by atoms with E-state index in [1.165, 1.54) is 6.07 Å². The van der Waals surface area contributed by atoms with Crippen molar-refractivity contribution in [3.8, 4) is 5.75 Å². The van der Waals surface area contributed by atoms with Gasteiger partial charge in [0.15, 0.2) is 0 Å². The van der Waals surface area contributed by atoms with Crippen molar-refractivity contribution < 1.29 is 17.9 Å². The molecule has 0 aliphatic heterocycles. The number of rotatable bonds is 6. The van der Waals surface area contributed by atoms with Crippen LogP contribution in [0.15, 0.2) is 17.0 Å². The van der Waals surface area contributed by atoms with Gasteiger partial charge in [0.1, 0.15) is 5.75 Å². The van der Waals surface area contributed by atoms with Crippen LogP contribution in [0.4, 0.5) is 5.69 Å². The zero-order chi connectivity index (χ0) is 13.8. The van der Waals surface area contributed by atoms with E-state index in [1.807, 2.05) is 0 Å². The molecule has 0 spiro atoms. The van der Waals surface area contributed by atoms with Gasteiger partial charge in [0, 0.05) is 37.5 Å². The van der Waals surface area contributed by atoms with E-state index in [0.29, 0.717) is 36.6 Å². The van der Waals surface area contributed by atoms with Crippen LogP contribution in [0.3, 0.4) is 0 Å². The van der Waals surface area contributed by atoms with Crippen molar-refractivity contribution in [1.29, 1.82) is 0 Å². The first-order chi connectivity index (χ1) is 8.36. The summed E-state index contributed by atoms with van der Waals surface area (Å²) >= 11 is 0. The Hall–Kier alpha value is -1.31. The molecule has 0 unspecified atom stereocenters. The zero-order valence-electron chi connectivity index (χ0n) is 10.5. The highest BCUT2D eigenvalue weighted by Crippen LogP contribution is 2.28. The Labute approximate surface area is 107 Å². The van der Waals surface area contributed by atoms with Crippen LogP contribution in [0.2, 0.25) is 0 Å². The predicted octanol–water partition coefficient (Wildman–Crippen LogP) is 0.640. The first-order valence-corrected chi connectivity index (χ1v) is 6.95. The molecule has 0 fully saturated rings. The Morgan fingerprint density at radius 1 is 1.28 bits per heavy atom. The third-order valence-corrected chi connectivity index (χ3v) is 3.43. The molecule has 0 aliphatic carbocycles. The van der Waals surface area contributed by atoms with Crippen LogP contribution < -0.4 is 15.6 Å². The molecule has 0 aromatic heterocycles. The molecule has 0 bridgehead atoms. The van der Waals surface area contributed by atoms with Gasteiger partial charge in [-0.1, -0.05) is 0 Å². The number of ether oxygens (including phenoxy) is 2. The topological polar surface area (TPSA) is 105 Å². The molecular formula is C11H18N2O4S. The van der Waals surface area contributed by atoms with Crippen LogP contribution in [-0.4, -0.2) is 28.7 Å². The average Bonchev–Trinajstić information content (AvgIpc) is 2.27. The average molecular weight is 274 g/mol. The monoisotopic (exact) mass is 274 g/mol. The third-order valence-electron chi connectivity index (χ3n) is 2.39. The second kappa shape index (κ2) is 6.03. The summed E-state index contributed by atoms with van der Waals surface area (Å²) in [6.07, 6.45) is 0.704. The van der Waals surface area contributed by atoms with Crippen molar-refractivity contribution in [2.24, 2.45) is 5.14 Å². The molecule has 102 valence electrons. The number of nitrogens with two attached hydrogens (primary N) is 2. The van der Waals surface area contributed by atoms with Crippen LogP contribution in [-0.2, 0) is 14.8 Å². The molecule has 6 nitrogen and oxygen atoms in total. The summed E-state index contributed by atoms with van der Waals surface area (Å²) in [6, 6.07) is 2.91. The molecule has 0 heterocycles. The van der Waals surface area contributed by atoms with Crippen LogP contribution in [0, 0.1) is 6.92 Å². The predicted molar refractivity (Wildman–Crippen MR) is 69.0 cm³/mol. The number of hydrogen-bond acceptors (Lipinski definition) is 5. The van der Waals surface area contributed by atoms with Crippen LogP contribution in [0.5, 0.6) is 5.75 Å². The summed E-state index contributed by atoms with van der Waals surface area (Å²) in [7, 11) is -2.20. The normalized spacial score (nSPS) is 11.5. The second-order valence-electron chi connectivity index (χ2n) is 3.88. The van der Waals surface area contributed by atoms with Gasteiger partial charge in [-0.25, -0.2) is 13.6 Å². The van der Waals surface area contributed by atoms with Crippen molar-refractivity contribution in [2.45, 2.75) is 18.2 Å². The fraction of sp³-hybridized carbons (Fsp3) is 0.455. The van der Waals surface area contributed by atoms with E-state index in [4.69, 9.17) is 20.3 Å².